The molecule has 1 aliphatic carbocycles. The number of non-ortho nitro benzene ring substituents is 1. The quantitative estimate of drug-likeness (QED) is 0.181. The van der Waals surface area contributed by atoms with Crippen LogP contribution in [0.25, 0.3) is 28.0 Å². The fourth-order valence-corrected chi connectivity index (χ4v) is 5.57. The van der Waals surface area contributed by atoms with E-state index in [0.29, 0.717) is 22.6 Å². The van der Waals surface area contributed by atoms with Gasteiger partial charge in [-0.2, -0.15) is 0 Å². The maximum atomic E-state index is 13.0. The van der Waals surface area contributed by atoms with Gasteiger partial charge in [-0.1, -0.05) is 60.7 Å². The lowest BCUT2D eigenvalue weighted by molar-refractivity contribution is -0.384. The highest BCUT2D eigenvalue weighted by Gasteiger charge is 2.30. The van der Waals surface area contributed by atoms with Crippen LogP contribution in [0.3, 0.4) is 0 Å². The van der Waals surface area contributed by atoms with E-state index in [1.807, 2.05) is 67.6 Å². The molecule has 2 heterocycles. The first-order chi connectivity index (χ1) is 20.3. The Morgan fingerprint density at radius 3 is 2.38 bits per heavy atom. The van der Waals surface area contributed by atoms with Crippen molar-refractivity contribution in [2.45, 2.75) is 25.3 Å². The molecular formula is C32H26N4O6. The lowest BCUT2D eigenvalue weighted by Gasteiger charge is -2.18. The number of alkyl carbamates (subject to hydrolysis) is 1. The van der Waals surface area contributed by atoms with Crippen LogP contribution in [0.4, 0.5) is 10.5 Å². The fraction of sp³-hybridized carbons (Fsp3) is 0.156. The van der Waals surface area contributed by atoms with Crippen LogP contribution >= 0.6 is 0 Å². The summed E-state index contributed by atoms with van der Waals surface area (Å²) in [7, 11) is 0. The largest absolute Gasteiger partial charge is 0.480 e. The molecular weight excluding hydrogens is 536 g/mol. The average molecular weight is 563 g/mol. The van der Waals surface area contributed by atoms with Gasteiger partial charge in [0.1, 0.15) is 18.3 Å². The van der Waals surface area contributed by atoms with Gasteiger partial charge in [0.2, 0.25) is 0 Å². The highest BCUT2D eigenvalue weighted by Crippen LogP contribution is 2.44. The lowest BCUT2D eigenvalue weighted by Crippen LogP contribution is -2.43. The zero-order valence-electron chi connectivity index (χ0n) is 22.6. The van der Waals surface area contributed by atoms with E-state index in [1.54, 1.807) is 22.7 Å². The van der Waals surface area contributed by atoms with Gasteiger partial charge in [-0.25, -0.2) is 14.6 Å². The number of aromatic nitrogens is 2. The number of hydrogen-bond donors (Lipinski definition) is 2. The minimum atomic E-state index is -1.35. The number of carbonyl (C=O) groups is 2. The van der Waals surface area contributed by atoms with E-state index in [1.165, 1.54) is 12.1 Å². The van der Waals surface area contributed by atoms with Crippen LogP contribution in [0.15, 0.2) is 91.1 Å². The number of pyridine rings is 1. The van der Waals surface area contributed by atoms with Crippen LogP contribution in [0.5, 0.6) is 0 Å². The van der Waals surface area contributed by atoms with Crippen molar-refractivity contribution < 1.29 is 24.4 Å². The standard InChI is InChI=1S/C32H26N4O6/c1-19-13-14-35-28(30(34-29(35)15-19)20-7-6-8-21(16-20)36(40)41)17-27(31(37)38)33-32(39)42-18-26-24-11-4-2-9-22(24)23-10-3-5-12-25(23)26/h2-16,26-27H,17-18H2,1H3,(H,33,39)(H,37,38). The molecule has 2 N–H and O–H groups in total. The van der Waals surface area contributed by atoms with E-state index in [2.05, 4.69) is 10.3 Å². The Morgan fingerprint density at radius 1 is 1.02 bits per heavy atom. The lowest BCUT2D eigenvalue weighted by atomic mass is 9.98. The van der Waals surface area contributed by atoms with E-state index in [0.717, 1.165) is 27.8 Å². The number of aliphatic carboxylic acids is 1. The molecule has 0 spiro atoms. The van der Waals surface area contributed by atoms with E-state index in [9.17, 15) is 24.8 Å². The van der Waals surface area contributed by atoms with Gasteiger partial charge in [-0.3, -0.25) is 10.1 Å². The molecule has 6 rings (SSSR count). The summed E-state index contributed by atoms with van der Waals surface area (Å²) in [5.74, 6) is -1.43. The molecule has 1 amide bonds. The number of carbonyl (C=O) groups excluding carboxylic acids is 1. The van der Waals surface area contributed by atoms with Crippen molar-refractivity contribution in [3.05, 3.63) is 124 Å². The van der Waals surface area contributed by atoms with Gasteiger partial charge >= 0.3 is 12.1 Å². The molecule has 0 radical (unpaired) electrons. The molecule has 1 atom stereocenters. The molecule has 5 aromatic rings. The first-order valence-corrected chi connectivity index (χ1v) is 13.4. The van der Waals surface area contributed by atoms with Crippen molar-refractivity contribution in [2.24, 2.45) is 0 Å². The topological polar surface area (TPSA) is 136 Å². The molecule has 3 aromatic carbocycles. The number of ether oxygens (including phenoxy) is 1. The fourth-order valence-electron chi connectivity index (χ4n) is 5.57. The number of imidazole rings is 1. The molecule has 2 aromatic heterocycles. The number of fused-ring (bicyclic) bond motifs is 4. The number of rotatable bonds is 8. The minimum Gasteiger partial charge on any atom is -0.480 e. The molecule has 0 aliphatic heterocycles. The summed E-state index contributed by atoms with van der Waals surface area (Å²) in [6.45, 7) is 1.94. The first-order valence-electron chi connectivity index (χ1n) is 13.4. The maximum absolute atomic E-state index is 13.0. The van der Waals surface area contributed by atoms with Gasteiger partial charge in [0.05, 0.1) is 16.3 Å². The molecule has 0 fully saturated rings. The van der Waals surface area contributed by atoms with Crippen molar-refractivity contribution in [3.63, 3.8) is 0 Å². The Kier molecular flexibility index (Phi) is 6.87. The van der Waals surface area contributed by atoms with Crippen molar-refractivity contribution in [1.29, 1.82) is 0 Å². The van der Waals surface area contributed by atoms with Gasteiger partial charge in [-0.15, -0.1) is 0 Å². The van der Waals surface area contributed by atoms with E-state index in [-0.39, 0.29) is 24.6 Å². The summed E-state index contributed by atoms with van der Waals surface area (Å²) in [5, 5.41) is 24.0. The van der Waals surface area contributed by atoms with Gasteiger partial charge in [0.25, 0.3) is 5.69 Å². The number of nitro groups is 1. The normalized spacial score (nSPS) is 12.9. The van der Waals surface area contributed by atoms with Crippen LogP contribution in [0.2, 0.25) is 0 Å². The monoisotopic (exact) mass is 562 g/mol. The molecule has 0 saturated heterocycles. The maximum Gasteiger partial charge on any atom is 0.407 e. The number of hydrogen-bond acceptors (Lipinski definition) is 6. The first kappa shape index (κ1) is 26.7. The average Bonchev–Trinajstić information content (AvgIpc) is 3.50. The van der Waals surface area contributed by atoms with Gasteiger partial charge < -0.3 is 19.6 Å². The number of carboxylic acid groups (broad SMARTS) is 1. The Balaban J connectivity index is 1.25. The minimum absolute atomic E-state index is 0.0417. The molecule has 1 aliphatic rings. The summed E-state index contributed by atoms with van der Waals surface area (Å²) >= 11 is 0. The highest BCUT2D eigenvalue weighted by atomic mass is 16.6. The third-order valence-corrected chi connectivity index (χ3v) is 7.54. The number of carboxylic acids is 1. The summed E-state index contributed by atoms with van der Waals surface area (Å²) < 4.78 is 7.32. The molecule has 10 nitrogen and oxygen atoms in total. The van der Waals surface area contributed by atoms with E-state index >= 15 is 0 Å². The second kappa shape index (κ2) is 10.8. The zero-order valence-corrected chi connectivity index (χ0v) is 22.6. The molecule has 42 heavy (non-hydrogen) atoms. The van der Waals surface area contributed by atoms with Crippen molar-refractivity contribution in [3.8, 4) is 22.4 Å². The number of benzene rings is 3. The molecule has 210 valence electrons. The summed E-state index contributed by atoms with van der Waals surface area (Å²) in [5.41, 5.74) is 6.98. The highest BCUT2D eigenvalue weighted by molar-refractivity contribution is 5.82. The number of nitrogens with one attached hydrogen (secondary N) is 1. The molecule has 0 bridgehead atoms. The van der Waals surface area contributed by atoms with Gasteiger partial charge in [-0.05, 0) is 46.9 Å². The Morgan fingerprint density at radius 2 is 1.71 bits per heavy atom. The number of nitrogens with zero attached hydrogens (tertiary/aromatic N) is 3. The summed E-state index contributed by atoms with van der Waals surface area (Å²) in [6.07, 6.45) is 0.771. The van der Waals surface area contributed by atoms with Crippen LogP contribution in [-0.4, -0.2) is 44.1 Å². The molecule has 1 unspecified atom stereocenters. The van der Waals surface area contributed by atoms with Crippen molar-refractivity contribution in [2.75, 3.05) is 6.61 Å². The van der Waals surface area contributed by atoms with Gasteiger partial charge in [0.15, 0.2) is 0 Å². The number of amides is 1. The Labute approximate surface area is 240 Å². The Bertz CT molecular complexity index is 1820. The smallest absolute Gasteiger partial charge is 0.407 e. The predicted molar refractivity (Wildman–Crippen MR) is 155 cm³/mol. The van der Waals surface area contributed by atoms with Crippen LogP contribution < -0.4 is 5.32 Å². The molecule has 10 heteroatoms. The predicted octanol–water partition coefficient (Wildman–Crippen LogP) is 5.75. The summed E-state index contributed by atoms with van der Waals surface area (Å²) in [4.78, 5) is 40.9. The summed E-state index contributed by atoms with van der Waals surface area (Å²) in [6, 6.07) is 24.2. The van der Waals surface area contributed by atoms with Crippen molar-refractivity contribution >= 4 is 23.4 Å². The third kappa shape index (κ3) is 4.94. The van der Waals surface area contributed by atoms with Crippen molar-refractivity contribution in [1.82, 2.24) is 14.7 Å². The molecule has 0 saturated carbocycles. The SMILES string of the molecule is Cc1ccn2c(CC(NC(=O)OCC3c4ccccc4-c4ccccc43)C(=O)O)c(-c3cccc([N+](=O)[O-])c3)nc2c1. The Hall–Kier alpha value is -5.51. The van der Waals surface area contributed by atoms with E-state index < -0.39 is 23.0 Å². The van der Waals surface area contributed by atoms with Crippen LogP contribution in [0.1, 0.15) is 28.3 Å². The second-order valence-corrected chi connectivity index (χ2v) is 10.2. The number of nitro benzene ring substituents is 1. The third-order valence-electron chi connectivity index (χ3n) is 7.54. The zero-order chi connectivity index (χ0) is 29.4. The van der Waals surface area contributed by atoms with Gasteiger partial charge in [0, 0.05) is 36.2 Å². The van der Waals surface area contributed by atoms with Crippen LogP contribution in [0, 0.1) is 17.0 Å². The van der Waals surface area contributed by atoms with E-state index in [4.69, 9.17) is 4.74 Å². The number of aryl methyl sites for hydroxylation is 1. The van der Waals surface area contributed by atoms with Crippen LogP contribution in [-0.2, 0) is 16.0 Å². The second-order valence-electron chi connectivity index (χ2n) is 10.2.